The van der Waals surface area contributed by atoms with Crippen molar-refractivity contribution in [3.05, 3.63) is 77.8 Å². The highest BCUT2D eigenvalue weighted by atomic mass is 15.1. The normalized spacial score (nSPS) is 15.8. The molecule has 1 aromatic carbocycles. The number of hydrogen-bond donors (Lipinski definition) is 2. The van der Waals surface area contributed by atoms with Crippen LogP contribution in [0.5, 0.6) is 0 Å². The lowest BCUT2D eigenvalue weighted by molar-refractivity contribution is 0.203. The number of likely N-dealkylation sites (tertiary alicyclic amines) is 1. The fraction of sp³-hybridized carbons (Fsp3) is 0.357. The minimum absolute atomic E-state index is 0.426. The quantitative estimate of drug-likeness (QED) is 0.343. The van der Waals surface area contributed by atoms with Gasteiger partial charge in [-0.25, -0.2) is 9.97 Å². The molecule has 0 atom stereocenters. The van der Waals surface area contributed by atoms with E-state index in [2.05, 4.69) is 85.8 Å². The number of nitrogens with zero attached hydrogens (tertiary/aromatic N) is 4. The smallest absolute Gasteiger partial charge is 0.136 e. The standard InChI is InChI=1S/C28H32N6/c1-18(2)27-24-12-21(20-8-10-33(11-9-20)16-23-13-29-17-30-23)4-6-25(24)32-28(27)22-5-7-26-31-19(3)14-34(26)15-22/h4-7,12-15,17-18,20,32H,8-11,16H2,1-3H3,(H,29,30). The van der Waals surface area contributed by atoms with E-state index < -0.39 is 0 Å². The number of imidazole rings is 2. The number of pyridine rings is 1. The van der Waals surface area contributed by atoms with E-state index in [-0.39, 0.29) is 0 Å². The Bertz CT molecular complexity index is 1430. The molecular formula is C28H32N6. The number of nitrogens with one attached hydrogen (secondary N) is 2. The highest BCUT2D eigenvalue weighted by molar-refractivity contribution is 5.92. The van der Waals surface area contributed by atoms with E-state index in [0.717, 1.165) is 36.7 Å². The van der Waals surface area contributed by atoms with Crippen LogP contribution in [0.15, 0.2) is 55.2 Å². The molecule has 6 rings (SSSR count). The molecule has 0 amide bonds. The van der Waals surface area contributed by atoms with Crippen LogP contribution >= 0.6 is 0 Å². The van der Waals surface area contributed by atoms with Crippen LogP contribution in [0, 0.1) is 6.92 Å². The molecule has 2 N–H and O–H groups in total. The number of piperidine rings is 1. The SMILES string of the molecule is Cc1cn2cc(-c3[nH]c4ccc(C5CCN(Cc6c[nH]cn6)CC5)cc4c3C(C)C)ccc2n1. The van der Waals surface area contributed by atoms with E-state index in [4.69, 9.17) is 0 Å². The van der Waals surface area contributed by atoms with Gasteiger partial charge in [0.15, 0.2) is 0 Å². The number of aromatic nitrogens is 5. The molecule has 1 aliphatic heterocycles. The van der Waals surface area contributed by atoms with Crippen LogP contribution in [0.1, 0.15) is 61.0 Å². The molecule has 174 valence electrons. The van der Waals surface area contributed by atoms with Gasteiger partial charge in [-0.15, -0.1) is 0 Å². The van der Waals surface area contributed by atoms with E-state index in [1.54, 1.807) is 6.33 Å². The third-order valence-electron chi connectivity index (χ3n) is 7.30. The molecule has 0 unspecified atom stereocenters. The largest absolute Gasteiger partial charge is 0.354 e. The summed E-state index contributed by atoms with van der Waals surface area (Å²) in [7, 11) is 0. The number of aryl methyl sites for hydroxylation is 1. The number of aromatic amines is 2. The summed E-state index contributed by atoms with van der Waals surface area (Å²) in [6, 6.07) is 11.4. The van der Waals surface area contributed by atoms with Gasteiger partial charge in [-0.3, -0.25) is 4.90 Å². The van der Waals surface area contributed by atoms with E-state index in [9.17, 15) is 0 Å². The maximum Gasteiger partial charge on any atom is 0.136 e. The highest BCUT2D eigenvalue weighted by Gasteiger charge is 2.23. The van der Waals surface area contributed by atoms with Gasteiger partial charge in [0.05, 0.1) is 23.4 Å². The molecule has 1 fully saturated rings. The van der Waals surface area contributed by atoms with Crippen molar-refractivity contribution < 1.29 is 0 Å². The second-order valence-electron chi connectivity index (χ2n) is 10.0. The maximum atomic E-state index is 4.58. The van der Waals surface area contributed by atoms with Crippen molar-refractivity contribution in [2.45, 2.75) is 52.0 Å². The first kappa shape index (κ1) is 21.2. The minimum Gasteiger partial charge on any atom is -0.354 e. The fourth-order valence-corrected chi connectivity index (χ4v) is 5.61. The van der Waals surface area contributed by atoms with Gasteiger partial charge in [-0.05, 0) is 80.1 Å². The van der Waals surface area contributed by atoms with Gasteiger partial charge in [0.1, 0.15) is 5.65 Å². The van der Waals surface area contributed by atoms with Crippen LogP contribution in [-0.2, 0) is 6.54 Å². The monoisotopic (exact) mass is 452 g/mol. The molecule has 1 saturated heterocycles. The molecule has 0 bridgehead atoms. The fourth-order valence-electron chi connectivity index (χ4n) is 5.61. The second-order valence-corrected chi connectivity index (χ2v) is 10.0. The predicted molar refractivity (Wildman–Crippen MR) is 137 cm³/mol. The average molecular weight is 453 g/mol. The maximum absolute atomic E-state index is 4.58. The Morgan fingerprint density at radius 2 is 1.94 bits per heavy atom. The zero-order chi connectivity index (χ0) is 23.2. The van der Waals surface area contributed by atoms with E-state index in [0.29, 0.717) is 11.8 Å². The summed E-state index contributed by atoms with van der Waals surface area (Å²) >= 11 is 0. The number of hydrogen-bond acceptors (Lipinski definition) is 3. The first-order chi connectivity index (χ1) is 16.5. The van der Waals surface area contributed by atoms with Gasteiger partial charge in [0.2, 0.25) is 0 Å². The van der Waals surface area contributed by atoms with Crippen LogP contribution in [0.25, 0.3) is 27.8 Å². The first-order valence-corrected chi connectivity index (χ1v) is 12.4. The van der Waals surface area contributed by atoms with E-state index in [1.807, 2.05) is 13.1 Å². The van der Waals surface area contributed by atoms with Crippen molar-refractivity contribution in [3.8, 4) is 11.3 Å². The Morgan fingerprint density at radius 3 is 2.71 bits per heavy atom. The Labute approximate surface area is 200 Å². The number of H-pyrrole nitrogens is 2. The molecule has 0 radical (unpaired) electrons. The van der Waals surface area contributed by atoms with Crippen LogP contribution in [0.3, 0.4) is 0 Å². The van der Waals surface area contributed by atoms with Gasteiger partial charge in [-0.2, -0.15) is 0 Å². The first-order valence-electron chi connectivity index (χ1n) is 12.4. The van der Waals surface area contributed by atoms with Crippen molar-refractivity contribution in [2.75, 3.05) is 13.1 Å². The Balaban J connectivity index is 1.30. The van der Waals surface area contributed by atoms with Crippen molar-refractivity contribution in [1.82, 2.24) is 29.2 Å². The third-order valence-corrected chi connectivity index (χ3v) is 7.30. The lowest BCUT2D eigenvalue weighted by atomic mass is 9.87. The van der Waals surface area contributed by atoms with Crippen LogP contribution in [0.2, 0.25) is 0 Å². The Morgan fingerprint density at radius 1 is 1.09 bits per heavy atom. The van der Waals surface area contributed by atoms with Gasteiger partial charge < -0.3 is 14.4 Å². The molecule has 5 aromatic rings. The van der Waals surface area contributed by atoms with Crippen LogP contribution < -0.4 is 0 Å². The van der Waals surface area contributed by atoms with Gasteiger partial charge in [0.25, 0.3) is 0 Å². The van der Waals surface area contributed by atoms with Crippen molar-refractivity contribution in [3.63, 3.8) is 0 Å². The molecule has 0 spiro atoms. The topological polar surface area (TPSA) is 65.0 Å². The summed E-state index contributed by atoms with van der Waals surface area (Å²) < 4.78 is 2.13. The number of benzene rings is 1. The van der Waals surface area contributed by atoms with Crippen LogP contribution in [-0.4, -0.2) is 42.3 Å². The van der Waals surface area contributed by atoms with Crippen molar-refractivity contribution >= 4 is 16.6 Å². The molecule has 1 aliphatic rings. The molecule has 4 aromatic heterocycles. The second kappa shape index (κ2) is 8.44. The molecule has 6 nitrogen and oxygen atoms in total. The molecule has 6 heteroatoms. The summed E-state index contributed by atoms with van der Waals surface area (Å²) in [6.45, 7) is 9.82. The molecule has 34 heavy (non-hydrogen) atoms. The predicted octanol–water partition coefficient (Wildman–Crippen LogP) is 6.02. The van der Waals surface area contributed by atoms with Gasteiger partial charge in [0, 0.05) is 41.6 Å². The molecular weight excluding hydrogens is 420 g/mol. The molecule has 5 heterocycles. The minimum atomic E-state index is 0.426. The summed E-state index contributed by atoms with van der Waals surface area (Å²) in [5.41, 5.74) is 9.69. The Hall–Kier alpha value is -3.38. The highest BCUT2D eigenvalue weighted by Crippen LogP contribution is 2.38. The van der Waals surface area contributed by atoms with E-state index >= 15 is 0 Å². The lowest BCUT2D eigenvalue weighted by Gasteiger charge is -2.31. The molecule has 0 aliphatic carbocycles. The summed E-state index contributed by atoms with van der Waals surface area (Å²) in [5, 5.41) is 1.36. The Kier molecular flexibility index (Phi) is 5.26. The lowest BCUT2D eigenvalue weighted by Crippen LogP contribution is -2.32. The zero-order valence-electron chi connectivity index (χ0n) is 20.2. The number of rotatable bonds is 5. The summed E-state index contributed by atoms with van der Waals surface area (Å²) in [5.74, 6) is 1.04. The van der Waals surface area contributed by atoms with Crippen molar-refractivity contribution in [2.24, 2.45) is 0 Å². The summed E-state index contributed by atoms with van der Waals surface area (Å²) in [4.78, 5) is 18.3. The summed E-state index contributed by atoms with van der Waals surface area (Å²) in [6.07, 6.45) is 10.4. The zero-order valence-corrected chi connectivity index (χ0v) is 20.2. The number of fused-ring (bicyclic) bond motifs is 2. The van der Waals surface area contributed by atoms with Crippen LogP contribution in [0.4, 0.5) is 0 Å². The van der Waals surface area contributed by atoms with Gasteiger partial charge in [-0.1, -0.05) is 19.9 Å². The van der Waals surface area contributed by atoms with E-state index in [1.165, 1.54) is 46.1 Å². The molecule has 0 saturated carbocycles. The van der Waals surface area contributed by atoms with Crippen molar-refractivity contribution in [1.29, 1.82) is 0 Å². The average Bonchev–Trinajstić information content (AvgIpc) is 3.56. The third kappa shape index (κ3) is 3.82. The van der Waals surface area contributed by atoms with Gasteiger partial charge >= 0.3 is 0 Å².